The Morgan fingerprint density at radius 3 is 2.43 bits per heavy atom. The molecule has 21 heavy (non-hydrogen) atoms. The lowest BCUT2D eigenvalue weighted by molar-refractivity contribution is -0.153. The summed E-state index contributed by atoms with van der Waals surface area (Å²) in [6, 6.07) is 9.06. The van der Waals surface area contributed by atoms with Gasteiger partial charge in [0.2, 0.25) is 0 Å². The number of hydrogen-bond donors (Lipinski definition) is 0. The molecule has 0 aromatic heterocycles. The Balaban J connectivity index is 2.03. The summed E-state index contributed by atoms with van der Waals surface area (Å²) in [6.45, 7) is 3.33. The highest BCUT2D eigenvalue weighted by atomic mass is 16.2. The van der Waals surface area contributed by atoms with Crippen LogP contribution in [0, 0.1) is 0 Å². The number of urea groups is 1. The molecule has 2 rings (SSSR count). The van der Waals surface area contributed by atoms with Crippen LogP contribution < -0.4 is 0 Å². The van der Waals surface area contributed by atoms with E-state index in [1.54, 1.807) is 7.05 Å². The summed E-state index contributed by atoms with van der Waals surface area (Å²) in [5.41, 5.74) is 0.972. The summed E-state index contributed by atoms with van der Waals surface area (Å²) in [4.78, 5) is 40.0. The zero-order valence-corrected chi connectivity index (χ0v) is 12.3. The van der Waals surface area contributed by atoms with Crippen LogP contribution in [0.1, 0.15) is 12.5 Å². The van der Waals surface area contributed by atoms with E-state index < -0.39 is 17.8 Å². The van der Waals surface area contributed by atoms with Gasteiger partial charge >= 0.3 is 17.8 Å². The lowest BCUT2D eigenvalue weighted by Crippen LogP contribution is -2.58. The van der Waals surface area contributed by atoms with Crippen molar-refractivity contribution in [1.82, 2.24) is 14.7 Å². The molecule has 0 N–H and O–H groups in total. The normalized spacial score (nSPS) is 15.3. The van der Waals surface area contributed by atoms with Gasteiger partial charge in [0.25, 0.3) is 0 Å². The van der Waals surface area contributed by atoms with Crippen LogP contribution in [-0.4, -0.2) is 59.2 Å². The van der Waals surface area contributed by atoms with Crippen molar-refractivity contribution in [3.63, 3.8) is 0 Å². The minimum atomic E-state index is -0.743. The quantitative estimate of drug-likeness (QED) is 0.778. The molecule has 1 fully saturated rings. The van der Waals surface area contributed by atoms with E-state index in [2.05, 4.69) is 0 Å². The fourth-order valence-corrected chi connectivity index (χ4v) is 2.29. The van der Waals surface area contributed by atoms with Crippen LogP contribution >= 0.6 is 0 Å². The molecule has 1 saturated heterocycles. The molecule has 1 aromatic rings. The fourth-order valence-electron chi connectivity index (χ4n) is 2.29. The summed E-state index contributed by atoms with van der Waals surface area (Å²) in [5, 5.41) is 0. The number of hydrogen-bond acceptors (Lipinski definition) is 3. The highest BCUT2D eigenvalue weighted by Crippen LogP contribution is 2.10. The SMILES string of the molecule is CCN1CCN(C(=O)N(C)Cc2ccccc2)C(=O)C1=O. The average Bonchev–Trinajstić information content (AvgIpc) is 2.50. The van der Waals surface area contributed by atoms with Crippen LogP contribution in [0.3, 0.4) is 0 Å². The van der Waals surface area contributed by atoms with Crippen LogP contribution in [0.25, 0.3) is 0 Å². The highest BCUT2D eigenvalue weighted by molar-refractivity contribution is 6.38. The number of likely N-dealkylation sites (N-methyl/N-ethyl adjacent to an activating group) is 1. The standard InChI is InChI=1S/C15H19N3O3/c1-3-17-9-10-18(14(20)13(17)19)15(21)16(2)11-12-7-5-4-6-8-12/h4-8H,3,9-11H2,1-2H3. The minimum absolute atomic E-state index is 0.246. The Labute approximate surface area is 123 Å². The molecule has 1 heterocycles. The van der Waals surface area contributed by atoms with Crippen LogP contribution in [0.5, 0.6) is 0 Å². The Morgan fingerprint density at radius 1 is 1.14 bits per heavy atom. The second kappa shape index (κ2) is 6.39. The van der Waals surface area contributed by atoms with Gasteiger partial charge in [-0.3, -0.25) is 14.5 Å². The molecule has 0 spiro atoms. The maximum Gasteiger partial charge on any atom is 0.327 e. The van der Waals surface area contributed by atoms with Crippen molar-refractivity contribution in [3.05, 3.63) is 35.9 Å². The molecular formula is C15H19N3O3. The third kappa shape index (κ3) is 3.21. The van der Waals surface area contributed by atoms with Crippen molar-refractivity contribution >= 4 is 17.8 Å². The van der Waals surface area contributed by atoms with Gasteiger partial charge in [-0.25, -0.2) is 4.79 Å². The molecule has 4 amide bonds. The number of amides is 4. The number of benzene rings is 1. The number of imide groups is 1. The third-order valence-corrected chi connectivity index (χ3v) is 3.51. The zero-order valence-electron chi connectivity index (χ0n) is 12.3. The molecule has 6 heteroatoms. The third-order valence-electron chi connectivity index (χ3n) is 3.51. The summed E-state index contributed by atoms with van der Waals surface area (Å²) in [5.74, 6) is -1.35. The molecule has 0 saturated carbocycles. The van der Waals surface area contributed by atoms with Gasteiger partial charge in [-0.1, -0.05) is 30.3 Å². The molecule has 0 radical (unpaired) electrons. The van der Waals surface area contributed by atoms with Crippen molar-refractivity contribution in [2.75, 3.05) is 26.7 Å². The van der Waals surface area contributed by atoms with Crippen molar-refractivity contribution in [2.45, 2.75) is 13.5 Å². The van der Waals surface area contributed by atoms with Gasteiger partial charge in [0, 0.05) is 33.2 Å². The largest absolute Gasteiger partial charge is 0.333 e. The van der Waals surface area contributed by atoms with E-state index in [1.807, 2.05) is 37.3 Å². The van der Waals surface area contributed by atoms with E-state index in [0.29, 0.717) is 19.6 Å². The Morgan fingerprint density at radius 2 is 1.81 bits per heavy atom. The predicted molar refractivity (Wildman–Crippen MR) is 77.3 cm³/mol. The fraction of sp³-hybridized carbons (Fsp3) is 0.400. The topological polar surface area (TPSA) is 60.9 Å². The molecule has 0 aliphatic carbocycles. The number of nitrogens with zero attached hydrogens (tertiary/aromatic N) is 3. The van der Waals surface area contributed by atoms with Crippen LogP contribution in [-0.2, 0) is 16.1 Å². The van der Waals surface area contributed by atoms with E-state index in [9.17, 15) is 14.4 Å². The molecule has 112 valence electrons. The Hall–Kier alpha value is -2.37. The van der Waals surface area contributed by atoms with Crippen molar-refractivity contribution in [3.8, 4) is 0 Å². The number of piperazine rings is 1. The monoisotopic (exact) mass is 289 g/mol. The molecule has 6 nitrogen and oxygen atoms in total. The van der Waals surface area contributed by atoms with Gasteiger partial charge in [0.1, 0.15) is 0 Å². The molecule has 1 aliphatic heterocycles. The summed E-state index contributed by atoms with van der Waals surface area (Å²) in [7, 11) is 1.62. The van der Waals surface area contributed by atoms with Crippen molar-refractivity contribution in [2.24, 2.45) is 0 Å². The molecule has 0 atom stereocenters. The van der Waals surface area contributed by atoms with Crippen LogP contribution in [0.2, 0.25) is 0 Å². The number of carbonyl (C=O) groups is 3. The summed E-state index contributed by atoms with van der Waals surface area (Å²) < 4.78 is 0. The van der Waals surface area contributed by atoms with Crippen molar-refractivity contribution in [1.29, 1.82) is 0 Å². The van der Waals surface area contributed by atoms with E-state index in [4.69, 9.17) is 0 Å². The van der Waals surface area contributed by atoms with Gasteiger partial charge in [0.05, 0.1) is 0 Å². The maximum absolute atomic E-state index is 12.3. The van der Waals surface area contributed by atoms with E-state index in [-0.39, 0.29) is 6.54 Å². The molecular weight excluding hydrogens is 270 g/mol. The first kappa shape index (κ1) is 15.0. The maximum atomic E-state index is 12.3. The van der Waals surface area contributed by atoms with E-state index in [0.717, 1.165) is 10.5 Å². The van der Waals surface area contributed by atoms with E-state index in [1.165, 1.54) is 9.80 Å². The predicted octanol–water partition coefficient (Wildman–Crippen LogP) is 0.929. The average molecular weight is 289 g/mol. The molecule has 0 bridgehead atoms. The summed E-state index contributed by atoms with van der Waals surface area (Å²) in [6.07, 6.45) is 0. The molecule has 1 aliphatic rings. The summed E-state index contributed by atoms with van der Waals surface area (Å²) >= 11 is 0. The number of carbonyl (C=O) groups excluding carboxylic acids is 3. The first-order valence-corrected chi connectivity index (χ1v) is 6.94. The van der Waals surface area contributed by atoms with Crippen molar-refractivity contribution < 1.29 is 14.4 Å². The Bertz CT molecular complexity index is 544. The lowest BCUT2D eigenvalue weighted by atomic mass is 10.2. The molecule has 1 aromatic carbocycles. The second-order valence-corrected chi connectivity index (χ2v) is 4.97. The zero-order chi connectivity index (χ0) is 15.4. The second-order valence-electron chi connectivity index (χ2n) is 4.97. The van der Waals surface area contributed by atoms with Gasteiger partial charge in [-0.05, 0) is 12.5 Å². The van der Waals surface area contributed by atoms with Gasteiger partial charge < -0.3 is 9.80 Å². The number of rotatable bonds is 3. The van der Waals surface area contributed by atoms with Crippen LogP contribution in [0.15, 0.2) is 30.3 Å². The molecule has 0 unspecified atom stereocenters. The van der Waals surface area contributed by atoms with Gasteiger partial charge in [-0.2, -0.15) is 0 Å². The van der Waals surface area contributed by atoms with E-state index >= 15 is 0 Å². The Kier molecular flexibility index (Phi) is 4.57. The minimum Gasteiger partial charge on any atom is -0.333 e. The van der Waals surface area contributed by atoms with Crippen LogP contribution in [0.4, 0.5) is 4.79 Å². The van der Waals surface area contributed by atoms with Gasteiger partial charge in [0.15, 0.2) is 0 Å². The highest BCUT2D eigenvalue weighted by Gasteiger charge is 2.36. The lowest BCUT2D eigenvalue weighted by Gasteiger charge is -2.34. The first-order valence-electron chi connectivity index (χ1n) is 6.94. The smallest absolute Gasteiger partial charge is 0.327 e. The van der Waals surface area contributed by atoms with Gasteiger partial charge in [-0.15, -0.1) is 0 Å². The first-order chi connectivity index (χ1) is 10.0.